The van der Waals surface area contributed by atoms with Crippen LogP contribution in [0.2, 0.25) is 0 Å². The second-order valence-corrected chi connectivity index (χ2v) is 8.47. The molecule has 0 radical (unpaired) electrons. The Labute approximate surface area is 185 Å². The van der Waals surface area contributed by atoms with E-state index in [9.17, 15) is 14.7 Å². The molecule has 0 fully saturated rings. The highest BCUT2D eigenvalue weighted by molar-refractivity contribution is 5.85. The van der Waals surface area contributed by atoms with Gasteiger partial charge in [0.05, 0.1) is 11.7 Å². The third-order valence-electron chi connectivity index (χ3n) is 6.53. The quantitative estimate of drug-likeness (QED) is 0.465. The maximum atomic E-state index is 13.1. The Hall–Kier alpha value is -3.58. The summed E-state index contributed by atoms with van der Waals surface area (Å²) in [5, 5.41) is 12.5. The lowest BCUT2D eigenvalue weighted by Crippen LogP contribution is -2.41. The fourth-order valence-electron chi connectivity index (χ4n) is 5.02. The molecule has 0 bridgehead atoms. The monoisotopic (exact) mass is 430 g/mol. The number of hydrogen-bond donors (Lipinski definition) is 3. The Balaban J connectivity index is 1.80. The number of fused-ring (bicyclic) bond motifs is 3. The Morgan fingerprint density at radius 1 is 1.09 bits per heavy atom. The predicted octanol–water partition coefficient (Wildman–Crippen LogP) is 3.30. The molecule has 2 aromatic carbocycles. The zero-order valence-electron chi connectivity index (χ0n) is 18.4. The zero-order chi connectivity index (χ0) is 22.6. The number of nitrogens with zero attached hydrogens (tertiary/aromatic N) is 2. The van der Waals surface area contributed by atoms with Crippen LogP contribution in [-0.2, 0) is 6.42 Å². The molecule has 1 aliphatic heterocycles. The molecule has 0 saturated heterocycles. The summed E-state index contributed by atoms with van der Waals surface area (Å²) < 4.78 is 1.20. The highest BCUT2D eigenvalue weighted by Crippen LogP contribution is 2.39. The lowest BCUT2D eigenvalue weighted by Gasteiger charge is -2.35. The number of nitrogens with one attached hydrogen (secondary N) is 2. The van der Waals surface area contributed by atoms with E-state index in [1.165, 1.54) is 4.57 Å². The SMILES string of the molecule is CCN1CCc2c([nH]c3ccccc23)[C@@H]1c1c(O)n(-c2ccc(C)cc2C)c(=O)[nH]c1=O. The fourth-order valence-corrected chi connectivity index (χ4v) is 5.02. The molecular weight excluding hydrogens is 404 g/mol. The van der Waals surface area contributed by atoms with Gasteiger partial charge in [0.2, 0.25) is 5.88 Å². The molecule has 1 atom stereocenters. The van der Waals surface area contributed by atoms with Crippen LogP contribution in [0.5, 0.6) is 5.88 Å². The Morgan fingerprint density at radius 2 is 1.88 bits per heavy atom. The van der Waals surface area contributed by atoms with E-state index in [1.54, 1.807) is 6.07 Å². The molecule has 3 heterocycles. The number of para-hydroxylation sites is 1. The van der Waals surface area contributed by atoms with Crippen LogP contribution in [0.1, 0.15) is 40.9 Å². The van der Waals surface area contributed by atoms with E-state index in [-0.39, 0.29) is 11.4 Å². The van der Waals surface area contributed by atoms with Crippen molar-refractivity contribution in [2.75, 3.05) is 13.1 Å². The average Bonchev–Trinajstić information content (AvgIpc) is 3.14. The smallest absolute Gasteiger partial charge is 0.335 e. The second-order valence-electron chi connectivity index (χ2n) is 8.47. The highest BCUT2D eigenvalue weighted by Gasteiger charge is 2.35. The summed E-state index contributed by atoms with van der Waals surface area (Å²) in [6.07, 6.45) is 0.846. The lowest BCUT2D eigenvalue weighted by atomic mass is 9.93. The van der Waals surface area contributed by atoms with Crippen molar-refractivity contribution in [2.45, 2.75) is 33.2 Å². The number of aromatic nitrogens is 3. The van der Waals surface area contributed by atoms with Gasteiger partial charge in [-0.05, 0) is 50.1 Å². The first-order valence-electron chi connectivity index (χ1n) is 10.9. The summed E-state index contributed by atoms with van der Waals surface area (Å²) in [5.41, 5.74) is 4.44. The summed E-state index contributed by atoms with van der Waals surface area (Å²) >= 11 is 0. The molecule has 164 valence electrons. The van der Waals surface area contributed by atoms with E-state index in [0.717, 1.165) is 46.3 Å². The summed E-state index contributed by atoms with van der Waals surface area (Å²) in [7, 11) is 0. The van der Waals surface area contributed by atoms with Crippen molar-refractivity contribution < 1.29 is 5.11 Å². The largest absolute Gasteiger partial charge is 0.494 e. The van der Waals surface area contributed by atoms with Crippen LogP contribution in [0.25, 0.3) is 16.6 Å². The minimum absolute atomic E-state index is 0.180. The van der Waals surface area contributed by atoms with Crippen molar-refractivity contribution in [3.05, 3.63) is 91.3 Å². The third-order valence-corrected chi connectivity index (χ3v) is 6.53. The van der Waals surface area contributed by atoms with Crippen molar-refractivity contribution in [3.8, 4) is 11.6 Å². The van der Waals surface area contributed by atoms with Gasteiger partial charge in [-0.15, -0.1) is 0 Å². The van der Waals surface area contributed by atoms with Crippen molar-refractivity contribution in [1.29, 1.82) is 0 Å². The van der Waals surface area contributed by atoms with E-state index < -0.39 is 17.3 Å². The third kappa shape index (κ3) is 3.00. The van der Waals surface area contributed by atoms with Crippen LogP contribution in [0, 0.1) is 13.8 Å². The maximum absolute atomic E-state index is 13.1. The van der Waals surface area contributed by atoms with Crippen molar-refractivity contribution in [1.82, 2.24) is 19.4 Å². The first-order valence-corrected chi connectivity index (χ1v) is 10.9. The number of benzene rings is 2. The Kier molecular flexibility index (Phi) is 4.78. The summed E-state index contributed by atoms with van der Waals surface area (Å²) in [4.78, 5) is 34.0. The van der Waals surface area contributed by atoms with Crippen LogP contribution in [-0.4, -0.2) is 37.6 Å². The van der Waals surface area contributed by atoms with Crippen LogP contribution < -0.4 is 11.2 Å². The normalized spacial score (nSPS) is 16.4. The molecule has 3 N–H and O–H groups in total. The van der Waals surface area contributed by atoms with E-state index in [4.69, 9.17) is 0 Å². The number of H-pyrrole nitrogens is 2. The Morgan fingerprint density at radius 3 is 2.62 bits per heavy atom. The van der Waals surface area contributed by atoms with Gasteiger partial charge in [0.25, 0.3) is 5.56 Å². The first-order chi connectivity index (χ1) is 15.4. The molecule has 5 rings (SSSR count). The van der Waals surface area contributed by atoms with E-state index in [1.807, 2.05) is 51.1 Å². The summed E-state index contributed by atoms with van der Waals surface area (Å²) in [5.74, 6) is -0.319. The molecule has 0 amide bonds. The Bertz CT molecular complexity index is 1460. The van der Waals surface area contributed by atoms with Crippen LogP contribution in [0.3, 0.4) is 0 Å². The maximum Gasteiger partial charge on any atom is 0.335 e. The number of rotatable bonds is 3. The molecule has 0 aliphatic carbocycles. The standard InChI is InChI=1S/C25H26N4O3/c1-4-28-12-11-17-16-7-5-6-8-18(16)26-21(17)22(28)20-23(30)27-25(32)29(24(20)31)19-10-9-14(2)13-15(19)3/h5-10,13,22,26,31H,4,11-12H2,1-3H3,(H,27,30,32)/t22-/m0/s1. The molecule has 1 aliphatic rings. The number of aromatic amines is 2. The molecule has 7 heteroatoms. The van der Waals surface area contributed by atoms with Crippen LogP contribution in [0.4, 0.5) is 0 Å². The van der Waals surface area contributed by atoms with Crippen LogP contribution >= 0.6 is 0 Å². The number of aryl methyl sites for hydroxylation is 2. The summed E-state index contributed by atoms with van der Waals surface area (Å²) in [6.45, 7) is 7.33. The molecule has 7 nitrogen and oxygen atoms in total. The van der Waals surface area contributed by atoms with E-state index >= 15 is 0 Å². The van der Waals surface area contributed by atoms with Gasteiger partial charge in [-0.2, -0.15) is 0 Å². The van der Waals surface area contributed by atoms with Gasteiger partial charge in [-0.1, -0.05) is 42.8 Å². The number of hydrogen-bond acceptors (Lipinski definition) is 4. The van der Waals surface area contributed by atoms with Gasteiger partial charge in [0, 0.05) is 23.1 Å². The molecular formula is C25H26N4O3. The van der Waals surface area contributed by atoms with Gasteiger partial charge in [0.15, 0.2) is 0 Å². The second kappa shape index (κ2) is 7.53. The lowest BCUT2D eigenvalue weighted by molar-refractivity contribution is 0.215. The van der Waals surface area contributed by atoms with E-state index in [0.29, 0.717) is 12.2 Å². The molecule has 32 heavy (non-hydrogen) atoms. The van der Waals surface area contributed by atoms with Crippen LogP contribution in [0.15, 0.2) is 52.1 Å². The highest BCUT2D eigenvalue weighted by atomic mass is 16.3. The van der Waals surface area contributed by atoms with Gasteiger partial charge >= 0.3 is 5.69 Å². The van der Waals surface area contributed by atoms with Gasteiger partial charge < -0.3 is 10.1 Å². The van der Waals surface area contributed by atoms with Crippen molar-refractivity contribution >= 4 is 10.9 Å². The molecule has 0 saturated carbocycles. The molecule has 0 unspecified atom stereocenters. The zero-order valence-corrected chi connectivity index (χ0v) is 18.4. The van der Waals surface area contributed by atoms with E-state index in [2.05, 4.69) is 20.9 Å². The van der Waals surface area contributed by atoms with Crippen molar-refractivity contribution in [3.63, 3.8) is 0 Å². The molecule has 0 spiro atoms. The van der Waals surface area contributed by atoms with Gasteiger partial charge in [-0.3, -0.25) is 14.7 Å². The number of aromatic hydroxyl groups is 1. The summed E-state index contributed by atoms with van der Waals surface area (Å²) in [6, 6.07) is 13.2. The van der Waals surface area contributed by atoms with Gasteiger partial charge in [0.1, 0.15) is 5.56 Å². The topological polar surface area (TPSA) is 94.1 Å². The molecule has 2 aromatic heterocycles. The minimum Gasteiger partial charge on any atom is -0.494 e. The van der Waals surface area contributed by atoms with Gasteiger partial charge in [-0.25, -0.2) is 9.36 Å². The first kappa shape index (κ1) is 20.3. The predicted molar refractivity (Wildman–Crippen MR) is 125 cm³/mol. The van der Waals surface area contributed by atoms with Crippen molar-refractivity contribution in [2.24, 2.45) is 0 Å². The minimum atomic E-state index is -0.654. The molecule has 4 aromatic rings. The fraction of sp³-hybridized carbons (Fsp3) is 0.280. The average molecular weight is 431 g/mol. The number of likely N-dealkylation sites (N-methyl/N-ethyl adjacent to an activating group) is 1.